The van der Waals surface area contributed by atoms with Crippen molar-refractivity contribution in [1.82, 2.24) is 4.72 Å². The normalized spacial score (nSPS) is 20.2. The Kier molecular flexibility index (Phi) is 4.64. The Balaban J connectivity index is 2.01. The lowest BCUT2D eigenvalue weighted by atomic mass is 9.95. The van der Waals surface area contributed by atoms with E-state index < -0.39 is 10.0 Å². The van der Waals surface area contributed by atoms with Crippen LogP contribution in [0.2, 0.25) is 0 Å². The largest absolute Gasteiger partial charge is 0.250 e. The molecule has 1 aromatic heterocycles. The van der Waals surface area contributed by atoms with E-state index in [9.17, 15) is 8.42 Å². The molecule has 0 aromatic carbocycles. The van der Waals surface area contributed by atoms with E-state index >= 15 is 0 Å². The summed E-state index contributed by atoms with van der Waals surface area (Å²) in [7, 11) is -3.35. The maximum Gasteiger partial charge on any atom is 0.250 e. The second-order valence-electron chi connectivity index (χ2n) is 4.52. The number of halogens is 1. The first-order valence-corrected chi connectivity index (χ1v) is 8.99. The number of nitrogens with one attached hydrogen (secondary N) is 1. The number of hydrogen-bond acceptors (Lipinski definition) is 3. The van der Waals surface area contributed by atoms with Gasteiger partial charge in [0.15, 0.2) is 0 Å². The Morgan fingerprint density at radius 3 is 2.83 bits per heavy atom. The monoisotopic (exact) mass is 349 g/mol. The molecule has 2 rings (SSSR count). The Morgan fingerprint density at radius 2 is 2.28 bits per heavy atom. The second-order valence-corrected chi connectivity index (χ2v) is 8.89. The van der Waals surface area contributed by atoms with Crippen molar-refractivity contribution in [3.63, 3.8) is 0 Å². The molecular weight excluding hydrogens is 334 g/mol. The summed E-state index contributed by atoms with van der Waals surface area (Å²) in [6, 6.07) is 1.71. The van der Waals surface area contributed by atoms with Crippen molar-refractivity contribution in [2.45, 2.75) is 30.4 Å². The van der Waals surface area contributed by atoms with Gasteiger partial charge in [-0.2, -0.15) is 0 Å². The van der Waals surface area contributed by atoms with Crippen LogP contribution >= 0.6 is 27.3 Å². The minimum absolute atomic E-state index is 0.387. The fourth-order valence-corrected chi connectivity index (χ4v) is 5.29. The number of rotatable bonds is 4. The molecule has 0 amide bonds. The van der Waals surface area contributed by atoms with Crippen molar-refractivity contribution in [3.05, 3.63) is 27.6 Å². The highest BCUT2D eigenvalue weighted by atomic mass is 79.9. The Labute approximate surface area is 120 Å². The third-order valence-corrected chi connectivity index (χ3v) is 7.07. The maximum absolute atomic E-state index is 12.1. The molecule has 0 bridgehead atoms. The van der Waals surface area contributed by atoms with Crippen LogP contribution < -0.4 is 4.72 Å². The lowest BCUT2D eigenvalue weighted by Gasteiger charge is -2.17. The van der Waals surface area contributed by atoms with Gasteiger partial charge in [-0.25, -0.2) is 13.1 Å². The number of thiophene rings is 1. The third-order valence-electron chi connectivity index (χ3n) is 3.04. The summed E-state index contributed by atoms with van der Waals surface area (Å²) in [5.41, 5.74) is 0.959. The summed E-state index contributed by atoms with van der Waals surface area (Å²) in [5, 5.41) is 0. The Hall–Kier alpha value is -0.170. The van der Waals surface area contributed by atoms with Gasteiger partial charge in [-0.15, -0.1) is 11.3 Å². The lowest BCUT2D eigenvalue weighted by Crippen LogP contribution is -2.29. The highest BCUT2D eigenvalue weighted by Crippen LogP contribution is 2.30. The summed E-state index contributed by atoms with van der Waals surface area (Å²) in [6.45, 7) is 2.42. The zero-order valence-corrected chi connectivity index (χ0v) is 13.4. The predicted molar refractivity (Wildman–Crippen MR) is 78.4 cm³/mol. The molecule has 0 fully saturated rings. The van der Waals surface area contributed by atoms with Gasteiger partial charge in [0.2, 0.25) is 10.0 Å². The van der Waals surface area contributed by atoms with Gasteiger partial charge in [-0.05, 0) is 59.7 Å². The van der Waals surface area contributed by atoms with Crippen molar-refractivity contribution in [2.75, 3.05) is 6.54 Å². The minimum atomic E-state index is -3.35. The van der Waals surface area contributed by atoms with Crippen LogP contribution in [0, 0.1) is 12.8 Å². The predicted octanol–water partition coefficient (Wildman–Crippen LogP) is 3.45. The van der Waals surface area contributed by atoms with Gasteiger partial charge in [0.25, 0.3) is 0 Å². The molecule has 18 heavy (non-hydrogen) atoms. The lowest BCUT2D eigenvalue weighted by molar-refractivity contribution is 0.468. The van der Waals surface area contributed by atoms with Crippen LogP contribution in [-0.2, 0) is 10.0 Å². The molecule has 1 aromatic rings. The molecule has 1 aliphatic rings. The topological polar surface area (TPSA) is 46.2 Å². The molecule has 6 heteroatoms. The molecule has 3 nitrogen and oxygen atoms in total. The van der Waals surface area contributed by atoms with E-state index in [2.05, 4.69) is 32.8 Å². The Bertz CT molecular complexity index is 529. The van der Waals surface area contributed by atoms with Crippen LogP contribution in [0.3, 0.4) is 0 Å². The smallest absolute Gasteiger partial charge is 0.210 e. The van der Waals surface area contributed by atoms with Gasteiger partial charge in [-0.1, -0.05) is 12.2 Å². The van der Waals surface area contributed by atoms with Crippen molar-refractivity contribution in [1.29, 1.82) is 0 Å². The van der Waals surface area contributed by atoms with Crippen LogP contribution in [0.15, 0.2) is 26.2 Å². The van der Waals surface area contributed by atoms with Crippen molar-refractivity contribution in [3.8, 4) is 0 Å². The number of sulfonamides is 1. The highest BCUT2D eigenvalue weighted by molar-refractivity contribution is 9.11. The maximum atomic E-state index is 12.1. The van der Waals surface area contributed by atoms with E-state index in [1.165, 1.54) is 11.3 Å². The molecule has 0 aliphatic heterocycles. The summed E-state index contributed by atoms with van der Waals surface area (Å²) in [6.07, 6.45) is 7.37. The first-order valence-electron chi connectivity index (χ1n) is 5.89. The molecule has 0 saturated carbocycles. The summed E-state index contributed by atoms with van der Waals surface area (Å²) in [5.74, 6) is 0.425. The van der Waals surface area contributed by atoms with Gasteiger partial charge in [-0.3, -0.25) is 0 Å². The molecular formula is C12H16BrNO2S2. The average Bonchev–Trinajstić information content (AvgIpc) is 2.70. The highest BCUT2D eigenvalue weighted by Gasteiger charge is 2.20. The number of aryl methyl sites for hydroxylation is 1. The molecule has 0 saturated heterocycles. The van der Waals surface area contributed by atoms with Gasteiger partial charge in [0, 0.05) is 6.54 Å². The zero-order chi connectivity index (χ0) is 13.2. The molecule has 0 spiro atoms. The van der Waals surface area contributed by atoms with E-state index in [0.29, 0.717) is 16.7 Å². The fraction of sp³-hybridized carbons (Fsp3) is 0.500. The molecule has 0 radical (unpaired) electrons. The minimum Gasteiger partial charge on any atom is -0.210 e. The first kappa shape index (κ1) is 14.2. The quantitative estimate of drug-likeness (QED) is 0.846. The van der Waals surface area contributed by atoms with Gasteiger partial charge in [0.1, 0.15) is 4.21 Å². The van der Waals surface area contributed by atoms with Crippen LogP contribution in [0.1, 0.15) is 24.8 Å². The van der Waals surface area contributed by atoms with Crippen LogP contribution in [-0.4, -0.2) is 15.0 Å². The van der Waals surface area contributed by atoms with Gasteiger partial charge >= 0.3 is 0 Å². The van der Waals surface area contributed by atoms with Gasteiger partial charge in [0.05, 0.1) is 3.79 Å². The standard InChI is InChI=1S/C12H16BrNO2S2/c1-9-7-11(17-12(9)13)18(15,16)14-8-10-5-3-2-4-6-10/h2-3,7,10,14H,4-6,8H2,1H3. The van der Waals surface area contributed by atoms with Gasteiger partial charge < -0.3 is 0 Å². The molecule has 1 atom stereocenters. The molecule has 1 unspecified atom stereocenters. The number of allylic oxidation sites excluding steroid dienone is 2. The number of hydrogen-bond donors (Lipinski definition) is 1. The van der Waals surface area contributed by atoms with Crippen LogP contribution in [0.5, 0.6) is 0 Å². The van der Waals surface area contributed by atoms with Crippen molar-refractivity contribution < 1.29 is 8.42 Å². The third kappa shape index (κ3) is 3.44. The molecule has 1 aliphatic carbocycles. The summed E-state index contributed by atoms with van der Waals surface area (Å²) < 4.78 is 28.2. The summed E-state index contributed by atoms with van der Waals surface area (Å²) >= 11 is 4.61. The van der Waals surface area contributed by atoms with E-state index in [0.717, 1.165) is 28.6 Å². The van der Waals surface area contributed by atoms with Crippen molar-refractivity contribution >= 4 is 37.3 Å². The summed E-state index contributed by atoms with van der Waals surface area (Å²) in [4.78, 5) is 0. The van der Waals surface area contributed by atoms with E-state index in [4.69, 9.17) is 0 Å². The molecule has 100 valence electrons. The zero-order valence-electron chi connectivity index (χ0n) is 10.1. The first-order chi connectivity index (χ1) is 8.49. The van der Waals surface area contributed by atoms with Crippen LogP contribution in [0.4, 0.5) is 0 Å². The Morgan fingerprint density at radius 1 is 1.50 bits per heavy atom. The van der Waals surface area contributed by atoms with Crippen LogP contribution in [0.25, 0.3) is 0 Å². The van der Waals surface area contributed by atoms with Crippen molar-refractivity contribution in [2.24, 2.45) is 5.92 Å². The fourth-order valence-electron chi connectivity index (χ4n) is 1.90. The van der Waals surface area contributed by atoms with E-state index in [1.54, 1.807) is 6.07 Å². The van der Waals surface area contributed by atoms with E-state index in [1.807, 2.05) is 6.92 Å². The average molecular weight is 350 g/mol. The second kappa shape index (κ2) is 5.86. The molecule has 1 N–H and O–H groups in total. The SMILES string of the molecule is Cc1cc(S(=O)(=O)NCC2CC=CCC2)sc1Br. The molecule has 1 heterocycles. The van der Waals surface area contributed by atoms with E-state index in [-0.39, 0.29) is 0 Å².